The Morgan fingerprint density at radius 3 is 2.88 bits per heavy atom. The number of nitrogens with zero attached hydrogens (tertiary/aromatic N) is 3. The molecule has 2 N–H and O–H groups in total. The molecule has 16 heavy (non-hydrogen) atoms. The van der Waals surface area contributed by atoms with E-state index in [1.54, 1.807) is 12.3 Å². The summed E-state index contributed by atoms with van der Waals surface area (Å²) in [6.07, 6.45) is 2.30. The molecule has 0 bridgehead atoms. The van der Waals surface area contributed by atoms with Gasteiger partial charge in [0.1, 0.15) is 0 Å². The van der Waals surface area contributed by atoms with Crippen molar-refractivity contribution in [2.24, 2.45) is 0 Å². The van der Waals surface area contributed by atoms with E-state index in [0.29, 0.717) is 28.4 Å². The molecule has 84 valence electrons. The van der Waals surface area contributed by atoms with Crippen LogP contribution in [0.5, 0.6) is 5.19 Å². The van der Waals surface area contributed by atoms with E-state index in [9.17, 15) is 0 Å². The standard InChI is InChI=1S/C9H9ClN4OS/c10-6-1-2-7(12-5-6)3-4-15-9-14-13-8(11)16-9/h1-2,5H,3-4H2,(H2,11,13). The van der Waals surface area contributed by atoms with E-state index in [2.05, 4.69) is 15.2 Å². The average molecular weight is 257 g/mol. The molecule has 2 aromatic heterocycles. The number of hydrogen-bond acceptors (Lipinski definition) is 6. The fourth-order valence-corrected chi connectivity index (χ4v) is 1.67. The van der Waals surface area contributed by atoms with Gasteiger partial charge in [-0.3, -0.25) is 4.98 Å². The quantitative estimate of drug-likeness (QED) is 0.903. The van der Waals surface area contributed by atoms with Crippen LogP contribution in [-0.4, -0.2) is 21.8 Å². The first-order valence-corrected chi connectivity index (χ1v) is 5.76. The minimum Gasteiger partial charge on any atom is -0.468 e. The topological polar surface area (TPSA) is 73.9 Å². The van der Waals surface area contributed by atoms with Crippen molar-refractivity contribution < 1.29 is 4.74 Å². The van der Waals surface area contributed by atoms with E-state index in [0.717, 1.165) is 5.69 Å². The van der Waals surface area contributed by atoms with Gasteiger partial charge < -0.3 is 10.5 Å². The lowest BCUT2D eigenvalue weighted by molar-refractivity contribution is 0.316. The number of ether oxygens (including phenoxy) is 1. The van der Waals surface area contributed by atoms with E-state index in [4.69, 9.17) is 22.1 Å². The molecule has 0 saturated heterocycles. The van der Waals surface area contributed by atoms with Gasteiger partial charge >= 0.3 is 0 Å². The van der Waals surface area contributed by atoms with Crippen LogP contribution in [0.3, 0.4) is 0 Å². The van der Waals surface area contributed by atoms with Gasteiger partial charge in [0.05, 0.1) is 11.6 Å². The van der Waals surface area contributed by atoms with Crippen LogP contribution in [0.4, 0.5) is 5.13 Å². The minimum absolute atomic E-state index is 0.402. The van der Waals surface area contributed by atoms with Gasteiger partial charge in [-0.25, -0.2) is 0 Å². The molecule has 0 amide bonds. The number of nitrogens with two attached hydrogens (primary N) is 1. The largest absolute Gasteiger partial charge is 0.468 e. The highest BCUT2D eigenvalue weighted by Crippen LogP contribution is 2.19. The summed E-state index contributed by atoms with van der Waals surface area (Å²) in [6, 6.07) is 3.66. The van der Waals surface area contributed by atoms with Gasteiger partial charge in [0.25, 0.3) is 5.19 Å². The van der Waals surface area contributed by atoms with E-state index >= 15 is 0 Å². The summed E-state index contributed by atoms with van der Waals surface area (Å²) in [5.74, 6) is 0. The van der Waals surface area contributed by atoms with Gasteiger partial charge in [-0.1, -0.05) is 16.7 Å². The molecule has 0 spiro atoms. The molecule has 2 rings (SSSR count). The molecule has 0 saturated carbocycles. The SMILES string of the molecule is Nc1nnc(OCCc2ccc(Cl)cn2)s1. The second-order valence-electron chi connectivity index (χ2n) is 2.97. The van der Waals surface area contributed by atoms with E-state index in [1.807, 2.05) is 6.07 Å². The summed E-state index contributed by atoms with van der Waals surface area (Å²) in [6.45, 7) is 0.489. The minimum atomic E-state index is 0.402. The molecule has 7 heteroatoms. The lowest BCUT2D eigenvalue weighted by Gasteiger charge is -2.01. The number of halogens is 1. The Labute approximate surface area is 101 Å². The molecule has 2 heterocycles. The van der Waals surface area contributed by atoms with Gasteiger partial charge in [0.2, 0.25) is 5.13 Å². The highest BCUT2D eigenvalue weighted by molar-refractivity contribution is 7.16. The fourth-order valence-electron chi connectivity index (χ4n) is 1.08. The number of pyridine rings is 1. The van der Waals surface area contributed by atoms with Crippen LogP contribution >= 0.6 is 22.9 Å². The van der Waals surface area contributed by atoms with E-state index < -0.39 is 0 Å². The first kappa shape index (κ1) is 11.1. The zero-order valence-corrected chi connectivity index (χ0v) is 9.83. The fraction of sp³-hybridized carbons (Fsp3) is 0.222. The number of hydrogen-bond donors (Lipinski definition) is 1. The zero-order chi connectivity index (χ0) is 11.4. The van der Waals surface area contributed by atoms with Crippen LogP contribution in [0.25, 0.3) is 0 Å². The monoisotopic (exact) mass is 256 g/mol. The van der Waals surface area contributed by atoms with Gasteiger partial charge in [0.15, 0.2) is 0 Å². The smallest absolute Gasteiger partial charge is 0.295 e. The van der Waals surface area contributed by atoms with Gasteiger partial charge in [-0.2, -0.15) is 0 Å². The van der Waals surface area contributed by atoms with Crippen molar-refractivity contribution in [1.82, 2.24) is 15.2 Å². The van der Waals surface area contributed by atoms with Crippen LogP contribution in [0.2, 0.25) is 5.02 Å². The Bertz CT molecular complexity index is 459. The molecular formula is C9H9ClN4OS. The van der Waals surface area contributed by atoms with Crippen molar-refractivity contribution in [1.29, 1.82) is 0 Å². The van der Waals surface area contributed by atoms with Crippen LogP contribution in [0, 0.1) is 0 Å². The third-order valence-electron chi connectivity index (χ3n) is 1.79. The number of aromatic nitrogens is 3. The number of anilines is 1. The lowest BCUT2D eigenvalue weighted by atomic mass is 10.3. The molecule has 5 nitrogen and oxygen atoms in total. The third-order valence-corrected chi connectivity index (χ3v) is 2.68. The first-order valence-electron chi connectivity index (χ1n) is 4.56. The molecule has 2 aromatic rings. The van der Waals surface area contributed by atoms with Crippen molar-refractivity contribution in [3.8, 4) is 5.19 Å². The Morgan fingerprint density at radius 1 is 1.38 bits per heavy atom. The number of rotatable bonds is 4. The van der Waals surface area contributed by atoms with E-state index in [1.165, 1.54) is 11.3 Å². The molecule has 0 radical (unpaired) electrons. The highest BCUT2D eigenvalue weighted by atomic mass is 35.5. The van der Waals surface area contributed by atoms with Crippen molar-refractivity contribution in [3.05, 3.63) is 29.0 Å². The summed E-state index contributed by atoms with van der Waals surface area (Å²) in [5.41, 5.74) is 6.33. The van der Waals surface area contributed by atoms with Crippen LogP contribution in [-0.2, 0) is 6.42 Å². The molecule has 0 unspecified atom stereocenters. The maximum atomic E-state index is 5.72. The Kier molecular flexibility index (Phi) is 3.53. The average Bonchev–Trinajstić information content (AvgIpc) is 2.67. The van der Waals surface area contributed by atoms with Crippen LogP contribution < -0.4 is 10.5 Å². The van der Waals surface area contributed by atoms with Gasteiger partial charge in [-0.05, 0) is 23.5 Å². The van der Waals surface area contributed by atoms with Gasteiger partial charge in [0, 0.05) is 18.3 Å². The molecule has 0 aliphatic heterocycles. The molecule has 0 aromatic carbocycles. The number of nitrogen functional groups attached to an aromatic ring is 1. The van der Waals surface area contributed by atoms with Crippen LogP contribution in [0.15, 0.2) is 18.3 Å². The van der Waals surface area contributed by atoms with Crippen molar-refractivity contribution >= 4 is 28.1 Å². The summed E-state index contributed by atoms with van der Waals surface area (Å²) in [4.78, 5) is 4.15. The van der Waals surface area contributed by atoms with Crippen molar-refractivity contribution in [3.63, 3.8) is 0 Å². The first-order chi connectivity index (χ1) is 7.74. The van der Waals surface area contributed by atoms with E-state index in [-0.39, 0.29) is 0 Å². The van der Waals surface area contributed by atoms with Crippen molar-refractivity contribution in [2.45, 2.75) is 6.42 Å². The summed E-state index contributed by atoms with van der Waals surface area (Å²) in [7, 11) is 0. The Hall–Kier alpha value is -1.40. The normalized spacial score (nSPS) is 10.3. The van der Waals surface area contributed by atoms with Crippen LogP contribution in [0.1, 0.15) is 5.69 Å². The molecule has 0 atom stereocenters. The third kappa shape index (κ3) is 3.04. The summed E-state index contributed by atoms with van der Waals surface area (Å²) < 4.78 is 5.35. The second kappa shape index (κ2) is 5.09. The predicted molar refractivity (Wildman–Crippen MR) is 62.8 cm³/mol. The zero-order valence-electron chi connectivity index (χ0n) is 8.26. The van der Waals surface area contributed by atoms with Crippen molar-refractivity contribution in [2.75, 3.05) is 12.3 Å². The Balaban J connectivity index is 1.82. The van der Waals surface area contributed by atoms with Gasteiger partial charge in [-0.15, -0.1) is 5.10 Å². The maximum absolute atomic E-state index is 5.72. The summed E-state index contributed by atoms with van der Waals surface area (Å²) >= 11 is 6.94. The molecule has 0 fully saturated rings. The highest BCUT2D eigenvalue weighted by Gasteiger charge is 2.02. The summed E-state index contributed by atoms with van der Waals surface area (Å²) in [5, 5.41) is 8.89. The lowest BCUT2D eigenvalue weighted by Crippen LogP contribution is -2.02. The molecule has 0 aliphatic carbocycles. The predicted octanol–water partition coefficient (Wildman–Crippen LogP) is 1.79. The molecule has 0 aliphatic rings. The maximum Gasteiger partial charge on any atom is 0.295 e. The second-order valence-corrected chi connectivity index (χ2v) is 4.38. The molecular weight excluding hydrogens is 248 g/mol. The Morgan fingerprint density at radius 2 is 2.25 bits per heavy atom.